The number of hydrogen-bond acceptors (Lipinski definition) is 2. The van der Waals surface area contributed by atoms with E-state index in [0.717, 1.165) is 21.6 Å². The number of aryl methyl sites for hydroxylation is 2. The van der Waals surface area contributed by atoms with E-state index in [0.29, 0.717) is 17.3 Å². The third-order valence-electron chi connectivity index (χ3n) is 3.22. The Labute approximate surface area is 127 Å². The number of halogens is 1. The minimum atomic E-state index is -1.09. The minimum absolute atomic E-state index is 0.424. The van der Waals surface area contributed by atoms with Gasteiger partial charge in [0.15, 0.2) is 0 Å². The molecule has 0 aromatic heterocycles. The van der Waals surface area contributed by atoms with Crippen LogP contribution in [0.25, 0.3) is 0 Å². The molecule has 0 amide bonds. The molecule has 1 unspecified atom stereocenters. The molecule has 20 heavy (non-hydrogen) atoms. The molecule has 0 saturated carbocycles. The minimum Gasteiger partial charge on any atom is -0.326 e. The van der Waals surface area contributed by atoms with Crippen LogP contribution in [0.3, 0.4) is 0 Å². The average Bonchev–Trinajstić information content (AvgIpc) is 2.40. The maximum Gasteiger partial charge on any atom is 0.0577 e. The highest BCUT2D eigenvalue weighted by molar-refractivity contribution is 7.84. The van der Waals surface area contributed by atoms with Gasteiger partial charge in [-0.3, -0.25) is 4.21 Å². The number of nitrogens with two attached hydrogens (primary N) is 1. The lowest BCUT2D eigenvalue weighted by Gasteiger charge is -2.09. The number of rotatable bonds is 4. The van der Waals surface area contributed by atoms with Gasteiger partial charge >= 0.3 is 0 Å². The first-order valence-electron chi connectivity index (χ1n) is 6.44. The molecule has 0 aliphatic rings. The Balaban J connectivity index is 2.23. The molecule has 2 aromatic rings. The maximum absolute atomic E-state index is 12.5. The van der Waals surface area contributed by atoms with E-state index in [1.54, 1.807) is 0 Å². The van der Waals surface area contributed by atoms with Crippen molar-refractivity contribution in [1.82, 2.24) is 0 Å². The first-order valence-corrected chi connectivity index (χ1v) is 8.14. The molecule has 0 saturated heterocycles. The molecular weight excluding hydrogens is 290 g/mol. The zero-order valence-corrected chi connectivity index (χ0v) is 13.2. The third-order valence-corrected chi connectivity index (χ3v) is 5.09. The first-order chi connectivity index (χ1) is 9.51. The molecule has 106 valence electrons. The molecule has 0 radical (unpaired) electrons. The standard InChI is InChI=1S/C16H18ClNOS/c1-11-3-6-16(12(2)7-11)20(19)10-14-5-4-13(9-18)8-15(14)17/h3-8H,9-10,18H2,1-2H3. The molecule has 2 rings (SSSR count). The van der Waals surface area contributed by atoms with Crippen molar-refractivity contribution in [2.45, 2.75) is 31.0 Å². The van der Waals surface area contributed by atoms with Gasteiger partial charge in [0.25, 0.3) is 0 Å². The molecule has 0 spiro atoms. The Bertz CT molecular complexity index is 655. The van der Waals surface area contributed by atoms with Gasteiger partial charge in [-0.25, -0.2) is 0 Å². The van der Waals surface area contributed by atoms with Gasteiger partial charge in [0.05, 0.1) is 16.6 Å². The molecular formula is C16H18ClNOS. The summed E-state index contributed by atoms with van der Waals surface area (Å²) in [6, 6.07) is 11.6. The molecule has 2 nitrogen and oxygen atoms in total. The summed E-state index contributed by atoms with van der Waals surface area (Å²) in [6.45, 7) is 4.47. The quantitative estimate of drug-likeness (QED) is 0.935. The van der Waals surface area contributed by atoms with Crippen LogP contribution in [0.2, 0.25) is 5.02 Å². The zero-order chi connectivity index (χ0) is 14.7. The second-order valence-electron chi connectivity index (χ2n) is 4.89. The predicted octanol–water partition coefficient (Wildman–Crippen LogP) is 3.72. The maximum atomic E-state index is 12.5. The first kappa shape index (κ1) is 15.2. The predicted molar refractivity (Wildman–Crippen MR) is 85.4 cm³/mol. The third kappa shape index (κ3) is 3.48. The van der Waals surface area contributed by atoms with Crippen molar-refractivity contribution in [2.75, 3.05) is 0 Å². The Hall–Kier alpha value is -1.16. The second kappa shape index (κ2) is 6.53. The highest BCUT2D eigenvalue weighted by Gasteiger charge is 2.11. The Morgan fingerprint density at radius 1 is 1.15 bits per heavy atom. The summed E-state index contributed by atoms with van der Waals surface area (Å²) in [6.07, 6.45) is 0. The molecule has 2 N–H and O–H groups in total. The van der Waals surface area contributed by atoms with Crippen molar-refractivity contribution in [1.29, 1.82) is 0 Å². The van der Waals surface area contributed by atoms with Gasteiger partial charge < -0.3 is 5.73 Å². The molecule has 0 bridgehead atoms. The summed E-state index contributed by atoms with van der Waals surface area (Å²) in [5.74, 6) is 0.424. The summed E-state index contributed by atoms with van der Waals surface area (Å²) < 4.78 is 12.5. The van der Waals surface area contributed by atoms with Gasteiger partial charge in [-0.2, -0.15) is 0 Å². The fourth-order valence-electron chi connectivity index (χ4n) is 2.11. The van der Waals surface area contributed by atoms with Crippen LogP contribution in [-0.4, -0.2) is 4.21 Å². The van der Waals surface area contributed by atoms with E-state index < -0.39 is 10.8 Å². The van der Waals surface area contributed by atoms with Crippen LogP contribution in [0.5, 0.6) is 0 Å². The molecule has 0 fully saturated rings. The Morgan fingerprint density at radius 2 is 1.90 bits per heavy atom. The van der Waals surface area contributed by atoms with E-state index in [2.05, 4.69) is 0 Å². The van der Waals surface area contributed by atoms with Crippen molar-refractivity contribution >= 4 is 22.4 Å². The number of hydrogen-bond donors (Lipinski definition) is 1. The van der Waals surface area contributed by atoms with Gasteiger partial charge in [0.1, 0.15) is 0 Å². The highest BCUT2D eigenvalue weighted by Crippen LogP contribution is 2.23. The van der Waals surface area contributed by atoms with E-state index >= 15 is 0 Å². The molecule has 0 aliphatic heterocycles. The van der Waals surface area contributed by atoms with E-state index in [4.69, 9.17) is 17.3 Å². The second-order valence-corrected chi connectivity index (χ2v) is 6.72. The van der Waals surface area contributed by atoms with Crippen LogP contribution in [0, 0.1) is 13.8 Å². The van der Waals surface area contributed by atoms with E-state index in [1.165, 1.54) is 5.56 Å². The Morgan fingerprint density at radius 3 is 2.50 bits per heavy atom. The van der Waals surface area contributed by atoms with Crippen LogP contribution in [0.4, 0.5) is 0 Å². The normalized spacial score (nSPS) is 12.4. The summed E-state index contributed by atoms with van der Waals surface area (Å²) in [4.78, 5) is 0.870. The average molecular weight is 308 g/mol. The molecule has 0 aliphatic carbocycles. The lowest BCUT2D eigenvalue weighted by atomic mass is 10.1. The van der Waals surface area contributed by atoms with E-state index in [-0.39, 0.29) is 0 Å². The van der Waals surface area contributed by atoms with Gasteiger partial charge in [-0.15, -0.1) is 0 Å². The van der Waals surface area contributed by atoms with Gasteiger partial charge in [0.2, 0.25) is 0 Å². The topological polar surface area (TPSA) is 43.1 Å². The zero-order valence-electron chi connectivity index (χ0n) is 11.7. The van der Waals surface area contributed by atoms with Crippen LogP contribution in [0.1, 0.15) is 22.3 Å². The molecule has 1 atom stereocenters. The molecule has 4 heteroatoms. The van der Waals surface area contributed by atoms with Crippen molar-refractivity contribution in [2.24, 2.45) is 5.73 Å². The van der Waals surface area contributed by atoms with Crippen LogP contribution < -0.4 is 5.73 Å². The lowest BCUT2D eigenvalue weighted by Crippen LogP contribution is -2.01. The fraction of sp³-hybridized carbons (Fsp3) is 0.250. The van der Waals surface area contributed by atoms with Crippen molar-refractivity contribution < 1.29 is 4.21 Å². The van der Waals surface area contributed by atoms with Crippen molar-refractivity contribution in [3.05, 3.63) is 63.7 Å². The summed E-state index contributed by atoms with van der Waals surface area (Å²) in [7, 11) is -1.09. The van der Waals surface area contributed by atoms with Gasteiger partial charge in [-0.05, 0) is 42.7 Å². The van der Waals surface area contributed by atoms with Crippen molar-refractivity contribution in [3.8, 4) is 0 Å². The summed E-state index contributed by atoms with van der Waals surface area (Å²) in [5.41, 5.74) is 9.68. The smallest absolute Gasteiger partial charge is 0.0577 e. The summed E-state index contributed by atoms with van der Waals surface area (Å²) >= 11 is 6.21. The van der Waals surface area contributed by atoms with Crippen LogP contribution in [0.15, 0.2) is 41.3 Å². The van der Waals surface area contributed by atoms with E-state index in [9.17, 15) is 4.21 Å². The van der Waals surface area contributed by atoms with Crippen molar-refractivity contribution in [3.63, 3.8) is 0 Å². The monoisotopic (exact) mass is 307 g/mol. The van der Waals surface area contributed by atoms with Crippen LogP contribution in [-0.2, 0) is 23.1 Å². The Kier molecular flexibility index (Phi) is 4.97. The summed E-state index contributed by atoms with van der Waals surface area (Å²) in [5, 5.41) is 0.631. The van der Waals surface area contributed by atoms with Gasteiger partial charge in [0, 0.05) is 16.5 Å². The van der Waals surface area contributed by atoms with E-state index in [1.807, 2.05) is 50.2 Å². The lowest BCUT2D eigenvalue weighted by molar-refractivity contribution is 0.682. The SMILES string of the molecule is Cc1ccc(S(=O)Cc2ccc(CN)cc2Cl)c(C)c1. The number of benzene rings is 2. The largest absolute Gasteiger partial charge is 0.326 e. The van der Waals surface area contributed by atoms with Crippen LogP contribution >= 0.6 is 11.6 Å². The molecule has 2 aromatic carbocycles. The highest BCUT2D eigenvalue weighted by atomic mass is 35.5. The fourth-order valence-corrected chi connectivity index (χ4v) is 3.79. The van der Waals surface area contributed by atoms with Gasteiger partial charge in [-0.1, -0.05) is 41.4 Å². The molecule has 0 heterocycles.